The summed E-state index contributed by atoms with van der Waals surface area (Å²) in [6, 6.07) is 18.7. The quantitative estimate of drug-likeness (QED) is 0.553. The van der Waals surface area contributed by atoms with Gasteiger partial charge in [0.1, 0.15) is 18.3 Å². The van der Waals surface area contributed by atoms with E-state index < -0.39 is 0 Å². The second-order valence-electron chi connectivity index (χ2n) is 6.29. The molecule has 1 N–H and O–H groups in total. The summed E-state index contributed by atoms with van der Waals surface area (Å²) in [5.74, 6) is 2.23. The molecule has 3 nitrogen and oxygen atoms in total. The van der Waals surface area contributed by atoms with Crippen LogP contribution < -0.4 is 10.1 Å². The van der Waals surface area contributed by atoms with Crippen LogP contribution in [0.15, 0.2) is 115 Å². The molecule has 0 aliphatic heterocycles. The standard InChI is InChI=1S/C23H21NO.C2H6.C2H4.CH2O/c1-24-21-11-7-20-16-23(14-10-19(20)15-21)25-22-12-8-18(9-13-22)17-5-3-2-4-6-17;3*1-2/h2-9,11-16,19,24H,10H2,1H3;1-2H3;1-2H2;1H2. The van der Waals surface area contributed by atoms with Gasteiger partial charge in [0, 0.05) is 18.7 Å². The zero-order valence-electron chi connectivity index (χ0n) is 18.8. The van der Waals surface area contributed by atoms with Gasteiger partial charge in [0.25, 0.3) is 0 Å². The summed E-state index contributed by atoms with van der Waals surface area (Å²) in [7, 11) is 1.96. The van der Waals surface area contributed by atoms with E-state index in [0.29, 0.717) is 5.92 Å². The summed E-state index contributed by atoms with van der Waals surface area (Å²) in [6.45, 7) is 12.0. The van der Waals surface area contributed by atoms with Gasteiger partial charge in [-0.2, -0.15) is 0 Å². The number of carbonyl (C=O) groups excluding carboxylic acids is 1. The van der Waals surface area contributed by atoms with E-state index in [1.54, 1.807) is 0 Å². The molecule has 0 radical (unpaired) electrons. The highest BCUT2D eigenvalue weighted by molar-refractivity contribution is 5.64. The molecule has 0 amide bonds. The largest absolute Gasteiger partial charge is 0.458 e. The highest BCUT2D eigenvalue weighted by Gasteiger charge is 2.18. The highest BCUT2D eigenvalue weighted by Crippen LogP contribution is 2.31. The first-order valence-electron chi connectivity index (χ1n) is 10.4. The molecule has 0 heterocycles. The van der Waals surface area contributed by atoms with Gasteiger partial charge < -0.3 is 14.8 Å². The van der Waals surface area contributed by atoms with E-state index in [9.17, 15) is 0 Å². The van der Waals surface area contributed by atoms with Crippen molar-refractivity contribution in [3.05, 3.63) is 115 Å². The molecule has 2 aliphatic carbocycles. The van der Waals surface area contributed by atoms with Crippen LogP contribution in [0.3, 0.4) is 0 Å². The lowest BCUT2D eigenvalue weighted by Crippen LogP contribution is -2.14. The minimum atomic E-state index is 0.445. The fourth-order valence-corrected chi connectivity index (χ4v) is 3.22. The Balaban J connectivity index is 0.000000739. The summed E-state index contributed by atoms with van der Waals surface area (Å²) < 4.78 is 6.06. The van der Waals surface area contributed by atoms with E-state index in [4.69, 9.17) is 9.53 Å². The Kier molecular flexibility index (Phi) is 11.8. The number of hydrogen-bond donors (Lipinski definition) is 1. The Hall–Kier alpha value is -3.59. The van der Waals surface area contributed by atoms with Gasteiger partial charge in [0.15, 0.2) is 0 Å². The molecule has 4 rings (SSSR count). The van der Waals surface area contributed by atoms with Crippen molar-refractivity contribution in [2.75, 3.05) is 7.05 Å². The highest BCUT2D eigenvalue weighted by atomic mass is 16.5. The molecule has 1 atom stereocenters. The first-order valence-corrected chi connectivity index (χ1v) is 10.4. The monoisotopic (exact) mass is 415 g/mol. The fraction of sp³-hybridized carbons (Fsp3) is 0.179. The molecule has 31 heavy (non-hydrogen) atoms. The molecule has 2 aromatic rings. The summed E-state index contributed by atoms with van der Waals surface area (Å²) in [5.41, 5.74) is 4.90. The van der Waals surface area contributed by atoms with Crippen LogP contribution in [0, 0.1) is 5.92 Å². The van der Waals surface area contributed by atoms with Crippen molar-refractivity contribution in [1.82, 2.24) is 5.32 Å². The molecule has 0 fully saturated rings. The Morgan fingerprint density at radius 2 is 1.52 bits per heavy atom. The zero-order chi connectivity index (χ0) is 23.1. The summed E-state index contributed by atoms with van der Waals surface area (Å²) in [4.78, 5) is 8.00. The maximum absolute atomic E-state index is 8.00. The lowest BCUT2D eigenvalue weighted by Gasteiger charge is -2.23. The number of fused-ring (bicyclic) bond motifs is 1. The molecule has 1 unspecified atom stereocenters. The number of nitrogens with one attached hydrogen (secondary N) is 1. The molecular formula is C28H33NO2. The number of benzene rings is 2. The number of rotatable bonds is 4. The van der Waals surface area contributed by atoms with E-state index in [1.807, 2.05) is 45.9 Å². The number of carbonyl (C=O) groups is 1. The van der Waals surface area contributed by atoms with Crippen molar-refractivity contribution >= 4 is 6.79 Å². The summed E-state index contributed by atoms with van der Waals surface area (Å²) in [5, 5.41) is 3.20. The molecule has 0 bridgehead atoms. The van der Waals surface area contributed by atoms with E-state index in [1.165, 1.54) is 22.4 Å². The molecule has 2 aromatic carbocycles. The van der Waals surface area contributed by atoms with Crippen LogP contribution >= 0.6 is 0 Å². The predicted octanol–water partition coefficient (Wildman–Crippen LogP) is 6.88. The van der Waals surface area contributed by atoms with Crippen molar-refractivity contribution in [1.29, 1.82) is 0 Å². The SMILES string of the molecule is C=C.C=O.CC.CNC1=CC2CC=C(Oc3ccc(-c4ccccc4)cc3)C=C2C=C1. The van der Waals surface area contributed by atoms with Gasteiger partial charge in [-0.3, -0.25) is 0 Å². The van der Waals surface area contributed by atoms with Crippen molar-refractivity contribution < 1.29 is 9.53 Å². The number of ether oxygens (including phenoxy) is 1. The smallest absolute Gasteiger partial charge is 0.127 e. The Labute approximate surface area is 187 Å². The molecule has 0 aromatic heterocycles. The topological polar surface area (TPSA) is 38.3 Å². The van der Waals surface area contributed by atoms with E-state index in [-0.39, 0.29) is 0 Å². The van der Waals surface area contributed by atoms with Crippen molar-refractivity contribution in [2.24, 2.45) is 5.92 Å². The van der Waals surface area contributed by atoms with Crippen LogP contribution in [0.2, 0.25) is 0 Å². The maximum atomic E-state index is 8.00. The number of allylic oxidation sites excluding steroid dienone is 6. The predicted molar refractivity (Wildman–Crippen MR) is 133 cm³/mol. The van der Waals surface area contributed by atoms with Gasteiger partial charge in [-0.05, 0) is 53.5 Å². The van der Waals surface area contributed by atoms with Crippen LogP contribution in [0.25, 0.3) is 11.1 Å². The van der Waals surface area contributed by atoms with Crippen LogP contribution in [0.1, 0.15) is 20.3 Å². The van der Waals surface area contributed by atoms with Gasteiger partial charge in [-0.15, -0.1) is 13.2 Å². The van der Waals surface area contributed by atoms with Crippen LogP contribution in [0.4, 0.5) is 0 Å². The third-order valence-electron chi connectivity index (χ3n) is 4.63. The van der Waals surface area contributed by atoms with Crippen LogP contribution in [-0.2, 0) is 4.79 Å². The molecule has 0 saturated carbocycles. The second-order valence-corrected chi connectivity index (χ2v) is 6.29. The van der Waals surface area contributed by atoms with Gasteiger partial charge in [0.05, 0.1) is 0 Å². The van der Waals surface area contributed by atoms with Crippen LogP contribution in [-0.4, -0.2) is 13.8 Å². The zero-order valence-corrected chi connectivity index (χ0v) is 18.8. The Morgan fingerprint density at radius 3 is 2.13 bits per heavy atom. The molecule has 3 heteroatoms. The van der Waals surface area contributed by atoms with Gasteiger partial charge >= 0.3 is 0 Å². The normalized spacial score (nSPS) is 15.5. The lowest BCUT2D eigenvalue weighted by atomic mass is 9.87. The third kappa shape index (κ3) is 7.31. The summed E-state index contributed by atoms with van der Waals surface area (Å²) >= 11 is 0. The van der Waals surface area contributed by atoms with Gasteiger partial charge in [0.2, 0.25) is 0 Å². The summed E-state index contributed by atoms with van der Waals surface area (Å²) in [6.07, 6.45) is 11.8. The first kappa shape index (κ1) is 25.4. The average Bonchev–Trinajstić information content (AvgIpc) is 2.88. The van der Waals surface area contributed by atoms with Gasteiger partial charge in [-0.1, -0.05) is 68.5 Å². The first-order chi connectivity index (χ1) is 15.3. The van der Waals surface area contributed by atoms with E-state index in [2.05, 4.69) is 85.3 Å². The van der Waals surface area contributed by atoms with E-state index >= 15 is 0 Å². The van der Waals surface area contributed by atoms with Gasteiger partial charge in [-0.25, -0.2) is 0 Å². The molecule has 162 valence electrons. The second kappa shape index (κ2) is 14.4. The van der Waals surface area contributed by atoms with E-state index in [0.717, 1.165) is 17.9 Å². The van der Waals surface area contributed by atoms with Crippen molar-refractivity contribution in [3.63, 3.8) is 0 Å². The van der Waals surface area contributed by atoms with Crippen molar-refractivity contribution in [2.45, 2.75) is 20.3 Å². The van der Waals surface area contributed by atoms with Crippen LogP contribution in [0.5, 0.6) is 5.75 Å². The molecule has 0 spiro atoms. The number of likely N-dealkylation sites (N-methyl/N-ethyl adjacent to an activating group) is 1. The Bertz CT molecular complexity index is 904. The minimum Gasteiger partial charge on any atom is -0.458 e. The number of hydrogen-bond acceptors (Lipinski definition) is 3. The molecule has 0 saturated heterocycles. The third-order valence-corrected chi connectivity index (χ3v) is 4.63. The molecule has 2 aliphatic rings. The minimum absolute atomic E-state index is 0.445. The fourth-order valence-electron chi connectivity index (χ4n) is 3.22. The Morgan fingerprint density at radius 1 is 0.903 bits per heavy atom. The average molecular weight is 416 g/mol. The van der Waals surface area contributed by atoms with Crippen molar-refractivity contribution in [3.8, 4) is 16.9 Å². The maximum Gasteiger partial charge on any atom is 0.127 e. The lowest BCUT2D eigenvalue weighted by molar-refractivity contribution is -0.0979. The molecular weight excluding hydrogens is 382 g/mol.